The molecule has 0 spiro atoms. The van der Waals surface area contributed by atoms with E-state index in [1.54, 1.807) is 12.4 Å². The van der Waals surface area contributed by atoms with Gasteiger partial charge >= 0.3 is 0 Å². The Morgan fingerprint density at radius 2 is 2.04 bits per heavy atom. The van der Waals surface area contributed by atoms with Crippen molar-refractivity contribution in [2.24, 2.45) is 0 Å². The lowest BCUT2D eigenvalue weighted by atomic mass is 10.3. The van der Waals surface area contributed by atoms with Crippen LogP contribution in [0.3, 0.4) is 0 Å². The first-order valence-corrected chi connectivity index (χ1v) is 9.32. The minimum absolute atomic E-state index is 0.0553. The molecule has 1 N–H and O–H groups in total. The van der Waals surface area contributed by atoms with Gasteiger partial charge in [0.1, 0.15) is 0 Å². The van der Waals surface area contributed by atoms with Crippen LogP contribution in [0.4, 0.5) is 5.69 Å². The van der Waals surface area contributed by atoms with E-state index in [1.165, 1.54) is 11.8 Å². The van der Waals surface area contributed by atoms with Gasteiger partial charge < -0.3 is 5.32 Å². The maximum absolute atomic E-state index is 12.1. The Kier molecular flexibility index (Phi) is 5.20. The smallest absolute Gasteiger partial charge is 0.234 e. The molecule has 0 saturated carbocycles. The highest BCUT2D eigenvalue weighted by Crippen LogP contribution is 2.22. The van der Waals surface area contributed by atoms with Crippen molar-refractivity contribution in [1.82, 2.24) is 14.8 Å². The molecule has 0 radical (unpaired) electrons. The maximum Gasteiger partial charge on any atom is 0.234 e. The number of carbonyl (C=O) groups is 1. The molecule has 0 aliphatic heterocycles. The van der Waals surface area contributed by atoms with Crippen LogP contribution in [-0.2, 0) is 4.79 Å². The van der Waals surface area contributed by atoms with E-state index in [9.17, 15) is 4.79 Å². The first-order valence-electron chi connectivity index (χ1n) is 7.54. The zero-order valence-electron chi connectivity index (χ0n) is 13.4. The summed E-state index contributed by atoms with van der Waals surface area (Å²) in [4.78, 5) is 17.6. The molecule has 124 valence electrons. The van der Waals surface area contributed by atoms with E-state index in [-0.39, 0.29) is 11.9 Å². The van der Waals surface area contributed by atoms with Gasteiger partial charge in [-0.2, -0.15) is 5.10 Å². The van der Waals surface area contributed by atoms with E-state index >= 15 is 0 Å². The van der Waals surface area contributed by atoms with E-state index in [4.69, 9.17) is 0 Å². The summed E-state index contributed by atoms with van der Waals surface area (Å²) in [6, 6.07) is 10.0. The fourth-order valence-corrected chi connectivity index (χ4v) is 3.23. The molecule has 0 saturated heterocycles. The van der Waals surface area contributed by atoms with Gasteiger partial charge in [0, 0.05) is 20.8 Å². The molecule has 2 heterocycles. The Balaban J connectivity index is 1.63. The number of hydrogen-bond donors (Lipinski definition) is 1. The van der Waals surface area contributed by atoms with Crippen LogP contribution in [0.25, 0.3) is 11.0 Å². The Bertz CT molecular complexity index is 861. The van der Waals surface area contributed by atoms with E-state index in [0.29, 0.717) is 11.4 Å². The molecule has 0 aliphatic rings. The number of benzene rings is 1. The lowest BCUT2D eigenvalue weighted by molar-refractivity contribution is -0.113. The number of thioether (sulfide) groups is 1. The van der Waals surface area contributed by atoms with Crippen molar-refractivity contribution < 1.29 is 4.79 Å². The van der Waals surface area contributed by atoms with E-state index < -0.39 is 0 Å². The molecular weight excluding hydrogens is 388 g/mol. The van der Waals surface area contributed by atoms with Gasteiger partial charge in [0.05, 0.1) is 23.8 Å². The molecule has 0 unspecified atom stereocenters. The van der Waals surface area contributed by atoms with Crippen molar-refractivity contribution in [3.05, 3.63) is 47.2 Å². The second-order valence-corrected chi connectivity index (χ2v) is 7.57. The van der Waals surface area contributed by atoms with Crippen LogP contribution in [-0.4, -0.2) is 26.4 Å². The standard InChI is InChI=1S/C17H17BrN4OS/c1-11(2)22-17-12(8-20-22)7-14(9-19-17)21-16(23)10-24-15-5-3-13(18)4-6-15/h3-9,11H,10H2,1-2H3,(H,21,23). The third kappa shape index (κ3) is 3.96. The number of nitrogens with one attached hydrogen (secondary N) is 1. The van der Waals surface area contributed by atoms with Crippen LogP contribution in [0.5, 0.6) is 0 Å². The summed E-state index contributed by atoms with van der Waals surface area (Å²) in [5.41, 5.74) is 1.51. The van der Waals surface area contributed by atoms with Crippen molar-refractivity contribution >= 4 is 50.3 Å². The van der Waals surface area contributed by atoms with Crippen molar-refractivity contribution in [3.63, 3.8) is 0 Å². The van der Waals surface area contributed by atoms with Crippen LogP contribution in [0.1, 0.15) is 19.9 Å². The predicted octanol–water partition coefficient (Wildman–Crippen LogP) is 4.51. The van der Waals surface area contributed by atoms with Crippen molar-refractivity contribution in [3.8, 4) is 0 Å². The number of aromatic nitrogens is 3. The molecule has 1 amide bonds. The third-order valence-corrected chi connectivity index (χ3v) is 4.93. The highest BCUT2D eigenvalue weighted by Gasteiger charge is 2.09. The summed E-state index contributed by atoms with van der Waals surface area (Å²) in [6.45, 7) is 4.12. The van der Waals surface area contributed by atoms with E-state index in [1.807, 2.05) is 35.0 Å². The number of amides is 1. The zero-order valence-corrected chi connectivity index (χ0v) is 15.8. The first kappa shape index (κ1) is 17.0. The number of fused-ring (bicyclic) bond motifs is 1. The maximum atomic E-state index is 12.1. The van der Waals surface area contributed by atoms with Gasteiger partial charge in [0.15, 0.2) is 5.65 Å². The lowest BCUT2D eigenvalue weighted by Crippen LogP contribution is -2.14. The second-order valence-electron chi connectivity index (χ2n) is 5.61. The zero-order chi connectivity index (χ0) is 17.1. The largest absolute Gasteiger partial charge is 0.324 e. The summed E-state index contributed by atoms with van der Waals surface area (Å²) in [5.74, 6) is 0.297. The van der Waals surface area contributed by atoms with Crippen LogP contribution in [0.2, 0.25) is 0 Å². The van der Waals surface area contributed by atoms with Crippen LogP contribution >= 0.6 is 27.7 Å². The Morgan fingerprint density at radius 3 is 2.75 bits per heavy atom. The molecule has 2 aromatic heterocycles. The minimum atomic E-state index is -0.0553. The fraction of sp³-hybridized carbons (Fsp3) is 0.235. The Labute approximate surface area is 153 Å². The third-order valence-electron chi connectivity index (χ3n) is 3.39. The number of nitrogens with zero attached hydrogens (tertiary/aromatic N) is 3. The summed E-state index contributed by atoms with van der Waals surface area (Å²) in [7, 11) is 0. The SMILES string of the molecule is CC(C)n1ncc2cc(NC(=O)CSc3ccc(Br)cc3)cnc21. The van der Waals surface area contributed by atoms with Crippen molar-refractivity contribution in [2.75, 3.05) is 11.1 Å². The highest BCUT2D eigenvalue weighted by molar-refractivity contribution is 9.10. The number of pyridine rings is 1. The monoisotopic (exact) mass is 404 g/mol. The molecule has 1 aromatic carbocycles. The van der Waals surface area contributed by atoms with Gasteiger partial charge in [0.25, 0.3) is 0 Å². The highest BCUT2D eigenvalue weighted by atomic mass is 79.9. The summed E-state index contributed by atoms with van der Waals surface area (Å²) in [6.07, 6.45) is 3.44. The molecule has 5 nitrogen and oxygen atoms in total. The molecular formula is C17H17BrN4OS. The summed E-state index contributed by atoms with van der Waals surface area (Å²) >= 11 is 4.90. The van der Waals surface area contributed by atoms with Gasteiger partial charge in [-0.15, -0.1) is 11.8 Å². The van der Waals surface area contributed by atoms with Gasteiger partial charge in [-0.05, 0) is 44.2 Å². The number of rotatable bonds is 5. The molecule has 7 heteroatoms. The van der Waals surface area contributed by atoms with Crippen molar-refractivity contribution in [2.45, 2.75) is 24.8 Å². The van der Waals surface area contributed by atoms with Gasteiger partial charge in [-0.25, -0.2) is 9.67 Å². The summed E-state index contributed by atoms with van der Waals surface area (Å²) in [5, 5.41) is 8.14. The van der Waals surface area contributed by atoms with Crippen LogP contribution in [0, 0.1) is 0 Å². The molecule has 0 aliphatic carbocycles. The van der Waals surface area contributed by atoms with Crippen LogP contribution in [0.15, 0.2) is 52.1 Å². The summed E-state index contributed by atoms with van der Waals surface area (Å²) < 4.78 is 2.89. The molecule has 0 fully saturated rings. The van der Waals surface area contributed by atoms with E-state index in [2.05, 4.69) is 45.2 Å². The number of hydrogen-bond acceptors (Lipinski definition) is 4. The van der Waals surface area contributed by atoms with Gasteiger partial charge in [-0.3, -0.25) is 4.79 Å². The molecule has 0 atom stereocenters. The molecule has 24 heavy (non-hydrogen) atoms. The molecule has 0 bridgehead atoms. The minimum Gasteiger partial charge on any atom is -0.324 e. The fourth-order valence-electron chi connectivity index (χ4n) is 2.26. The van der Waals surface area contributed by atoms with Crippen LogP contribution < -0.4 is 5.32 Å². The number of anilines is 1. The average molecular weight is 405 g/mol. The second kappa shape index (κ2) is 7.36. The average Bonchev–Trinajstić information content (AvgIpc) is 2.97. The van der Waals surface area contributed by atoms with E-state index in [0.717, 1.165) is 20.4 Å². The molecule has 3 aromatic rings. The Morgan fingerprint density at radius 1 is 1.29 bits per heavy atom. The molecule has 3 rings (SSSR count). The lowest BCUT2D eigenvalue weighted by Gasteiger charge is -2.07. The van der Waals surface area contributed by atoms with Gasteiger partial charge in [-0.1, -0.05) is 15.9 Å². The first-order chi connectivity index (χ1) is 11.5. The quantitative estimate of drug-likeness (QED) is 0.635. The van der Waals surface area contributed by atoms with Crippen molar-refractivity contribution in [1.29, 1.82) is 0 Å². The Hall–Kier alpha value is -1.86. The number of halogens is 1. The number of carbonyl (C=O) groups excluding carboxylic acids is 1. The predicted molar refractivity (Wildman–Crippen MR) is 101 cm³/mol. The normalized spacial score (nSPS) is 11.2. The van der Waals surface area contributed by atoms with Gasteiger partial charge in [0.2, 0.25) is 5.91 Å². The topological polar surface area (TPSA) is 59.8 Å².